The van der Waals surface area contributed by atoms with Crippen LogP contribution in [0.3, 0.4) is 0 Å². The van der Waals surface area contributed by atoms with Gasteiger partial charge in [-0.3, -0.25) is 10.1 Å². The Morgan fingerprint density at radius 3 is 2.28 bits per heavy atom. The highest BCUT2D eigenvalue weighted by Crippen LogP contribution is 2.29. The van der Waals surface area contributed by atoms with Gasteiger partial charge >= 0.3 is 6.01 Å². The fourth-order valence-corrected chi connectivity index (χ4v) is 4.14. The normalized spacial score (nSPS) is 10.9. The van der Waals surface area contributed by atoms with E-state index in [2.05, 4.69) is 71.0 Å². The van der Waals surface area contributed by atoms with Gasteiger partial charge in [-0.1, -0.05) is 60.6 Å². The first kappa shape index (κ1) is 20.0. The second kappa shape index (κ2) is 8.64. The molecule has 0 atom stereocenters. The van der Waals surface area contributed by atoms with Crippen LogP contribution in [0.25, 0.3) is 33.9 Å². The van der Waals surface area contributed by atoms with Crippen molar-refractivity contribution >= 4 is 23.3 Å². The van der Waals surface area contributed by atoms with E-state index in [1.54, 1.807) is 12.1 Å². The SMILES string of the molecule is CCc1ccc(-c2ccc(-c3csc(C(=O)Nc4nnc(-c5ccco5)o4)c3)cc2)cc1. The topological polar surface area (TPSA) is 81.2 Å². The lowest BCUT2D eigenvalue weighted by atomic mass is 10.0. The van der Waals surface area contributed by atoms with Crippen LogP contribution < -0.4 is 5.32 Å². The zero-order chi connectivity index (χ0) is 21.9. The highest BCUT2D eigenvalue weighted by Gasteiger charge is 2.16. The number of hydrogen-bond acceptors (Lipinski definition) is 6. The third-order valence-electron chi connectivity index (χ3n) is 5.11. The van der Waals surface area contributed by atoms with E-state index in [0.29, 0.717) is 10.6 Å². The number of aromatic nitrogens is 2. The van der Waals surface area contributed by atoms with Gasteiger partial charge in [0.2, 0.25) is 0 Å². The molecule has 32 heavy (non-hydrogen) atoms. The van der Waals surface area contributed by atoms with Gasteiger partial charge in [-0.25, -0.2) is 0 Å². The van der Waals surface area contributed by atoms with Crippen molar-refractivity contribution in [3.63, 3.8) is 0 Å². The molecule has 0 spiro atoms. The van der Waals surface area contributed by atoms with Gasteiger partial charge < -0.3 is 8.83 Å². The van der Waals surface area contributed by atoms with Crippen LogP contribution in [-0.4, -0.2) is 16.1 Å². The molecule has 0 aliphatic rings. The van der Waals surface area contributed by atoms with Gasteiger partial charge in [0.05, 0.1) is 11.1 Å². The number of furan rings is 1. The summed E-state index contributed by atoms with van der Waals surface area (Å²) in [5.41, 5.74) is 5.70. The second-order valence-corrected chi connectivity index (χ2v) is 8.08. The van der Waals surface area contributed by atoms with Crippen LogP contribution in [-0.2, 0) is 6.42 Å². The number of hydrogen-bond donors (Lipinski definition) is 1. The van der Waals surface area contributed by atoms with Crippen LogP contribution in [0.5, 0.6) is 0 Å². The van der Waals surface area contributed by atoms with Crippen molar-refractivity contribution in [1.82, 2.24) is 10.2 Å². The number of anilines is 1. The van der Waals surface area contributed by atoms with Gasteiger partial charge in [0.25, 0.3) is 11.8 Å². The molecule has 2 aromatic carbocycles. The minimum Gasteiger partial charge on any atom is -0.459 e. The molecular formula is C25H19N3O3S. The van der Waals surface area contributed by atoms with E-state index in [0.717, 1.165) is 23.1 Å². The van der Waals surface area contributed by atoms with Crippen molar-refractivity contribution < 1.29 is 13.6 Å². The number of aryl methyl sites for hydroxylation is 1. The maximum Gasteiger partial charge on any atom is 0.322 e. The Labute approximate surface area is 188 Å². The first-order valence-corrected chi connectivity index (χ1v) is 11.0. The Bertz CT molecular complexity index is 1330. The van der Waals surface area contributed by atoms with Crippen molar-refractivity contribution in [1.29, 1.82) is 0 Å². The van der Waals surface area contributed by atoms with E-state index in [9.17, 15) is 4.79 Å². The summed E-state index contributed by atoms with van der Waals surface area (Å²) in [5.74, 6) is 0.353. The molecule has 0 aliphatic carbocycles. The van der Waals surface area contributed by atoms with Gasteiger partial charge in [0, 0.05) is 0 Å². The lowest BCUT2D eigenvalue weighted by Crippen LogP contribution is -2.10. The third kappa shape index (κ3) is 4.10. The Kier molecular flexibility index (Phi) is 5.39. The van der Waals surface area contributed by atoms with Gasteiger partial charge in [0.1, 0.15) is 0 Å². The molecule has 0 unspecified atom stereocenters. The van der Waals surface area contributed by atoms with E-state index in [1.165, 1.54) is 28.7 Å². The fourth-order valence-electron chi connectivity index (χ4n) is 3.33. The molecule has 3 aromatic heterocycles. The number of rotatable bonds is 6. The van der Waals surface area contributed by atoms with Crippen LogP contribution in [0.1, 0.15) is 22.2 Å². The monoisotopic (exact) mass is 441 g/mol. The minimum absolute atomic E-state index is 0.0230. The highest BCUT2D eigenvalue weighted by molar-refractivity contribution is 7.12. The average molecular weight is 442 g/mol. The molecule has 6 nitrogen and oxygen atoms in total. The standard InChI is InChI=1S/C25H19N3O3S/c1-2-16-5-7-17(8-6-16)18-9-11-19(12-10-18)20-14-22(32-15-20)23(29)26-25-28-27-24(31-25)21-4-3-13-30-21/h3-15H,2H2,1H3,(H,26,28,29). The number of carbonyl (C=O) groups excluding carboxylic acids is 1. The minimum atomic E-state index is -0.302. The smallest absolute Gasteiger partial charge is 0.322 e. The van der Waals surface area contributed by atoms with Crippen molar-refractivity contribution in [2.45, 2.75) is 13.3 Å². The molecule has 5 aromatic rings. The number of benzene rings is 2. The summed E-state index contributed by atoms with van der Waals surface area (Å²) in [6.45, 7) is 2.15. The van der Waals surface area contributed by atoms with Crippen molar-refractivity contribution in [3.8, 4) is 33.9 Å². The number of thiophene rings is 1. The summed E-state index contributed by atoms with van der Waals surface area (Å²) in [6, 6.07) is 22.3. The first-order valence-electron chi connectivity index (χ1n) is 10.2. The number of carbonyl (C=O) groups is 1. The largest absolute Gasteiger partial charge is 0.459 e. The molecule has 1 N–H and O–H groups in total. The molecule has 5 rings (SSSR count). The molecule has 158 valence electrons. The number of nitrogens with one attached hydrogen (secondary N) is 1. The molecule has 0 fully saturated rings. The molecule has 0 saturated carbocycles. The molecular weight excluding hydrogens is 422 g/mol. The molecule has 0 saturated heterocycles. The molecule has 0 aliphatic heterocycles. The van der Waals surface area contributed by atoms with E-state index >= 15 is 0 Å². The highest BCUT2D eigenvalue weighted by atomic mass is 32.1. The predicted molar refractivity (Wildman–Crippen MR) is 125 cm³/mol. The van der Waals surface area contributed by atoms with E-state index < -0.39 is 0 Å². The van der Waals surface area contributed by atoms with Crippen LogP contribution in [0.15, 0.2) is 87.2 Å². The summed E-state index contributed by atoms with van der Waals surface area (Å²) in [7, 11) is 0. The van der Waals surface area contributed by atoms with Gasteiger partial charge in [0.15, 0.2) is 5.76 Å². The summed E-state index contributed by atoms with van der Waals surface area (Å²) in [4.78, 5) is 13.1. The lowest BCUT2D eigenvalue weighted by Gasteiger charge is -2.05. The fraction of sp³-hybridized carbons (Fsp3) is 0.0800. The van der Waals surface area contributed by atoms with Crippen LogP contribution in [0.2, 0.25) is 0 Å². The zero-order valence-electron chi connectivity index (χ0n) is 17.2. The third-order valence-corrected chi connectivity index (χ3v) is 6.04. The van der Waals surface area contributed by atoms with Crippen molar-refractivity contribution in [2.24, 2.45) is 0 Å². The Balaban J connectivity index is 1.28. The summed E-state index contributed by atoms with van der Waals surface area (Å²) in [6.07, 6.45) is 2.55. The number of amides is 1. The average Bonchev–Trinajstić information content (AvgIpc) is 3.61. The molecule has 1 amide bonds. The maximum absolute atomic E-state index is 12.6. The van der Waals surface area contributed by atoms with E-state index in [1.807, 2.05) is 11.4 Å². The Hall–Kier alpha value is -3.97. The summed E-state index contributed by atoms with van der Waals surface area (Å²) < 4.78 is 10.7. The molecule has 3 heterocycles. The van der Waals surface area contributed by atoms with Gasteiger partial charge in [-0.15, -0.1) is 16.4 Å². The Morgan fingerprint density at radius 1 is 0.938 bits per heavy atom. The van der Waals surface area contributed by atoms with E-state index in [4.69, 9.17) is 8.83 Å². The summed E-state index contributed by atoms with van der Waals surface area (Å²) >= 11 is 1.36. The summed E-state index contributed by atoms with van der Waals surface area (Å²) in [5, 5.41) is 12.3. The quantitative estimate of drug-likeness (QED) is 0.324. The Morgan fingerprint density at radius 2 is 1.62 bits per heavy atom. The second-order valence-electron chi connectivity index (χ2n) is 7.17. The van der Waals surface area contributed by atoms with Gasteiger partial charge in [-0.05, 0) is 57.8 Å². The van der Waals surface area contributed by atoms with Crippen LogP contribution in [0.4, 0.5) is 6.01 Å². The maximum atomic E-state index is 12.6. The van der Waals surface area contributed by atoms with Crippen molar-refractivity contribution in [2.75, 3.05) is 5.32 Å². The molecule has 7 heteroatoms. The zero-order valence-corrected chi connectivity index (χ0v) is 18.1. The van der Waals surface area contributed by atoms with Crippen LogP contribution in [0, 0.1) is 0 Å². The van der Waals surface area contributed by atoms with Crippen LogP contribution >= 0.6 is 11.3 Å². The first-order chi connectivity index (χ1) is 15.7. The molecule has 0 bridgehead atoms. The molecule has 0 radical (unpaired) electrons. The van der Waals surface area contributed by atoms with E-state index in [-0.39, 0.29) is 17.8 Å². The number of nitrogens with zero attached hydrogens (tertiary/aromatic N) is 2. The van der Waals surface area contributed by atoms with Crippen molar-refractivity contribution in [3.05, 3.63) is 88.8 Å². The lowest BCUT2D eigenvalue weighted by molar-refractivity contribution is 0.102. The predicted octanol–water partition coefficient (Wildman–Crippen LogP) is 6.54. The van der Waals surface area contributed by atoms with Gasteiger partial charge in [-0.2, -0.15) is 0 Å².